The fraction of sp³-hybridized carbons (Fsp3) is 0.571. The molecule has 6 heteroatoms. The number of aliphatic hydroxyl groups excluding tert-OH is 1. The van der Waals surface area contributed by atoms with Gasteiger partial charge < -0.3 is 15.3 Å². The molecule has 1 atom stereocenters. The van der Waals surface area contributed by atoms with Gasteiger partial charge in [-0.05, 0) is 12.1 Å². The highest BCUT2D eigenvalue weighted by molar-refractivity contribution is 7.99. The van der Waals surface area contributed by atoms with Crippen LogP contribution in [0.25, 0.3) is 0 Å². The van der Waals surface area contributed by atoms with Crippen LogP contribution in [0.4, 0.5) is 8.78 Å². The van der Waals surface area contributed by atoms with Crippen LogP contribution in [-0.4, -0.2) is 54.2 Å². The Kier molecular flexibility index (Phi) is 6.22. The van der Waals surface area contributed by atoms with Crippen LogP contribution in [0.1, 0.15) is 11.7 Å². The SMILES string of the molecule is OC(CNCCN1CCSCC1)c1c(F)cccc1F. The molecule has 1 aromatic carbocycles. The minimum absolute atomic E-state index is 0.153. The third-order valence-corrected chi connectivity index (χ3v) is 4.32. The topological polar surface area (TPSA) is 35.5 Å². The van der Waals surface area contributed by atoms with Crippen LogP contribution in [0, 0.1) is 11.6 Å². The molecule has 0 spiro atoms. The van der Waals surface area contributed by atoms with E-state index in [0.717, 1.165) is 43.3 Å². The van der Waals surface area contributed by atoms with Crippen LogP contribution in [-0.2, 0) is 0 Å². The first-order valence-electron chi connectivity index (χ1n) is 6.81. The van der Waals surface area contributed by atoms with Crippen LogP contribution in [0.3, 0.4) is 0 Å². The number of halogens is 2. The monoisotopic (exact) mass is 302 g/mol. The number of nitrogens with zero attached hydrogens (tertiary/aromatic N) is 1. The summed E-state index contributed by atoms with van der Waals surface area (Å²) in [6, 6.07) is 3.61. The van der Waals surface area contributed by atoms with Gasteiger partial charge in [-0.2, -0.15) is 11.8 Å². The van der Waals surface area contributed by atoms with Gasteiger partial charge in [0.1, 0.15) is 11.6 Å². The van der Waals surface area contributed by atoms with Crippen molar-refractivity contribution in [2.24, 2.45) is 0 Å². The molecule has 0 amide bonds. The van der Waals surface area contributed by atoms with Crippen LogP contribution >= 0.6 is 11.8 Å². The minimum atomic E-state index is -1.16. The van der Waals surface area contributed by atoms with E-state index in [0.29, 0.717) is 6.54 Å². The van der Waals surface area contributed by atoms with Crippen LogP contribution in [0.5, 0.6) is 0 Å². The normalized spacial score (nSPS) is 18.1. The molecule has 20 heavy (non-hydrogen) atoms. The number of rotatable bonds is 6. The third-order valence-electron chi connectivity index (χ3n) is 3.38. The summed E-state index contributed by atoms with van der Waals surface area (Å²) in [5.74, 6) is 0.909. The van der Waals surface area contributed by atoms with Crippen molar-refractivity contribution < 1.29 is 13.9 Å². The largest absolute Gasteiger partial charge is 0.387 e. The van der Waals surface area contributed by atoms with Gasteiger partial charge in [-0.1, -0.05) is 6.07 Å². The first-order chi connectivity index (χ1) is 9.68. The molecule has 0 saturated carbocycles. The van der Waals surface area contributed by atoms with Crippen molar-refractivity contribution in [2.75, 3.05) is 44.2 Å². The summed E-state index contributed by atoms with van der Waals surface area (Å²) >= 11 is 1.96. The Morgan fingerprint density at radius 3 is 2.55 bits per heavy atom. The summed E-state index contributed by atoms with van der Waals surface area (Å²) in [4.78, 5) is 2.35. The lowest BCUT2D eigenvalue weighted by Crippen LogP contribution is -2.38. The van der Waals surface area contributed by atoms with Crippen LogP contribution in [0.2, 0.25) is 0 Å². The molecule has 1 unspecified atom stereocenters. The summed E-state index contributed by atoms with van der Waals surface area (Å²) in [6.45, 7) is 3.92. The highest BCUT2D eigenvalue weighted by Gasteiger charge is 2.17. The predicted molar refractivity (Wildman–Crippen MR) is 78.0 cm³/mol. The van der Waals surface area contributed by atoms with Crippen LogP contribution in [0.15, 0.2) is 18.2 Å². The van der Waals surface area contributed by atoms with Gasteiger partial charge in [0.15, 0.2) is 0 Å². The Hall–Kier alpha value is -0.690. The molecule has 1 fully saturated rings. The van der Waals surface area contributed by atoms with E-state index in [1.807, 2.05) is 11.8 Å². The Bertz CT molecular complexity index is 407. The zero-order chi connectivity index (χ0) is 14.4. The fourth-order valence-electron chi connectivity index (χ4n) is 2.23. The molecule has 1 aliphatic rings. The van der Waals surface area contributed by atoms with Gasteiger partial charge in [0.25, 0.3) is 0 Å². The van der Waals surface area contributed by atoms with Crippen molar-refractivity contribution in [3.8, 4) is 0 Å². The average Bonchev–Trinajstić information content (AvgIpc) is 2.44. The molecule has 1 aromatic rings. The van der Waals surface area contributed by atoms with Crippen molar-refractivity contribution in [3.05, 3.63) is 35.4 Å². The third kappa shape index (κ3) is 4.41. The molecule has 2 N–H and O–H groups in total. The maximum absolute atomic E-state index is 13.5. The summed E-state index contributed by atoms with van der Waals surface area (Å²) in [7, 11) is 0. The fourth-order valence-corrected chi connectivity index (χ4v) is 3.21. The zero-order valence-corrected chi connectivity index (χ0v) is 12.1. The summed E-state index contributed by atoms with van der Waals surface area (Å²) in [5.41, 5.74) is -0.255. The maximum atomic E-state index is 13.5. The lowest BCUT2D eigenvalue weighted by atomic mass is 10.1. The molecular formula is C14H20F2N2OS. The van der Waals surface area contributed by atoms with Gasteiger partial charge >= 0.3 is 0 Å². The van der Waals surface area contributed by atoms with Crippen molar-refractivity contribution in [1.82, 2.24) is 10.2 Å². The highest BCUT2D eigenvalue weighted by atomic mass is 32.2. The standard InChI is InChI=1S/C14H20F2N2OS/c15-11-2-1-3-12(16)14(11)13(19)10-17-4-5-18-6-8-20-9-7-18/h1-3,13,17,19H,4-10H2. The van der Waals surface area contributed by atoms with Gasteiger partial charge in [-0.25, -0.2) is 8.78 Å². The molecule has 1 aliphatic heterocycles. The van der Waals surface area contributed by atoms with E-state index in [4.69, 9.17) is 0 Å². The Labute approximate surface area is 122 Å². The molecular weight excluding hydrogens is 282 g/mol. The second kappa shape index (κ2) is 7.93. The number of hydrogen-bond donors (Lipinski definition) is 2. The Morgan fingerprint density at radius 1 is 1.25 bits per heavy atom. The van der Waals surface area contributed by atoms with E-state index >= 15 is 0 Å². The van der Waals surface area contributed by atoms with Crippen molar-refractivity contribution in [1.29, 1.82) is 0 Å². The summed E-state index contributed by atoms with van der Waals surface area (Å²) in [5, 5.41) is 12.9. The molecule has 0 aromatic heterocycles. The second-order valence-corrected chi connectivity index (χ2v) is 6.03. The molecule has 0 radical (unpaired) electrons. The molecule has 2 rings (SSSR count). The van der Waals surface area contributed by atoms with E-state index in [-0.39, 0.29) is 12.1 Å². The maximum Gasteiger partial charge on any atom is 0.131 e. The Morgan fingerprint density at radius 2 is 1.90 bits per heavy atom. The van der Waals surface area contributed by atoms with Gasteiger partial charge in [0.05, 0.1) is 11.7 Å². The van der Waals surface area contributed by atoms with E-state index in [1.54, 1.807) is 0 Å². The van der Waals surface area contributed by atoms with Gasteiger partial charge in [-0.15, -0.1) is 0 Å². The summed E-state index contributed by atoms with van der Waals surface area (Å²) in [6.07, 6.45) is -1.16. The molecule has 0 bridgehead atoms. The molecule has 3 nitrogen and oxygen atoms in total. The summed E-state index contributed by atoms with van der Waals surface area (Å²) < 4.78 is 26.9. The minimum Gasteiger partial charge on any atom is -0.387 e. The highest BCUT2D eigenvalue weighted by Crippen LogP contribution is 2.19. The van der Waals surface area contributed by atoms with Gasteiger partial charge in [-0.3, -0.25) is 0 Å². The first-order valence-corrected chi connectivity index (χ1v) is 7.96. The molecule has 0 aliphatic carbocycles. The zero-order valence-electron chi connectivity index (χ0n) is 11.3. The predicted octanol–water partition coefficient (Wildman–Crippen LogP) is 1.64. The number of thioether (sulfide) groups is 1. The van der Waals surface area contributed by atoms with Crippen molar-refractivity contribution >= 4 is 11.8 Å². The first kappa shape index (κ1) is 15.7. The number of aliphatic hydroxyl groups is 1. The van der Waals surface area contributed by atoms with E-state index < -0.39 is 17.7 Å². The Balaban J connectivity index is 1.73. The average molecular weight is 302 g/mol. The van der Waals surface area contributed by atoms with Crippen molar-refractivity contribution in [2.45, 2.75) is 6.10 Å². The van der Waals surface area contributed by atoms with E-state index in [2.05, 4.69) is 10.2 Å². The number of nitrogens with one attached hydrogen (secondary N) is 1. The second-order valence-electron chi connectivity index (χ2n) is 4.81. The van der Waals surface area contributed by atoms with Gasteiger partial charge in [0, 0.05) is 44.2 Å². The number of hydrogen-bond acceptors (Lipinski definition) is 4. The van der Waals surface area contributed by atoms with Gasteiger partial charge in [0.2, 0.25) is 0 Å². The quantitative estimate of drug-likeness (QED) is 0.783. The van der Waals surface area contributed by atoms with Crippen molar-refractivity contribution in [3.63, 3.8) is 0 Å². The lowest BCUT2D eigenvalue weighted by Gasteiger charge is -2.26. The number of benzene rings is 1. The molecule has 1 heterocycles. The van der Waals surface area contributed by atoms with E-state index in [9.17, 15) is 13.9 Å². The smallest absolute Gasteiger partial charge is 0.131 e. The molecule has 1 saturated heterocycles. The lowest BCUT2D eigenvalue weighted by molar-refractivity contribution is 0.163. The van der Waals surface area contributed by atoms with E-state index in [1.165, 1.54) is 6.07 Å². The molecule has 112 valence electrons. The van der Waals surface area contributed by atoms with Crippen LogP contribution < -0.4 is 5.32 Å².